The molecule has 0 saturated heterocycles. The Balaban J connectivity index is 2.24. The smallest absolute Gasteiger partial charge is 0.251 e. The number of carbonyl (C=O) groups is 1. The number of fused-ring (bicyclic) bond motifs is 1. The lowest BCUT2D eigenvalue weighted by Crippen LogP contribution is -2.22. The molecule has 0 atom stereocenters. The van der Waals surface area contributed by atoms with Crippen molar-refractivity contribution in [2.45, 2.75) is 20.0 Å². The van der Waals surface area contributed by atoms with Gasteiger partial charge in [0.2, 0.25) is 0 Å². The lowest BCUT2D eigenvalue weighted by atomic mass is 10.1. The Labute approximate surface area is 83.5 Å². The number of amides is 1. The minimum atomic E-state index is 0.00204. The van der Waals surface area contributed by atoms with Crippen molar-refractivity contribution in [2.75, 3.05) is 6.54 Å². The molecule has 73 valence electrons. The van der Waals surface area contributed by atoms with Crippen molar-refractivity contribution in [2.24, 2.45) is 0 Å². The van der Waals surface area contributed by atoms with Crippen LogP contribution in [0.25, 0.3) is 0 Å². The fourth-order valence-electron chi connectivity index (χ4n) is 1.63. The van der Waals surface area contributed by atoms with E-state index in [9.17, 15) is 4.79 Å². The molecule has 3 heteroatoms. The number of nitrogens with zero attached hydrogens (tertiary/aromatic N) is 1. The van der Waals surface area contributed by atoms with Crippen molar-refractivity contribution in [3.05, 3.63) is 34.9 Å². The minimum absolute atomic E-state index is 0.00204. The summed E-state index contributed by atoms with van der Waals surface area (Å²) in [5.41, 5.74) is 3.18. The normalized spacial score (nSPS) is 13.8. The average Bonchev–Trinajstić information content (AvgIpc) is 2.64. The SMILES string of the molecule is CCNC(=O)c1ccc2c(c1)C[N]C2. The molecule has 0 spiro atoms. The fourth-order valence-corrected chi connectivity index (χ4v) is 1.63. The largest absolute Gasteiger partial charge is 0.352 e. The van der Waals surface area contributed by atoms with Crippen LogP contribution in [0.5, 0.6) is 0 Å². The Kier molecular flexibility index (Phi) is 2.50. The molecule has 3 nitrogen and oxygen atoms in total. The molecule has 0 saturated carbocycles. The van der Waals surface area contributed by atoms with Gasteiger partial charge in [-0.1, -0.05) is 6.07 Å². The molecule has 14 heavy (non-hydrogen) atoms. The monoisotopic (exact) mass is 189 g/mol. The number of hydrogen-bond acceptors (Lipinski definition) is 1. The van der Waals surface area contributed by atoms with E-state index in [0.717, 1.165) is 18.7 Å². The van der Waals surface area contributed by atoms with Gasteiger partial charge in [-0.15, -0.1) is 0 Å². The summed E-state index contributed by atoms with van der Waals surface area (Å²) in [7, 11) is 0. The van der Waals surface area contributed by atoms with Gasteiger partial charge in [0.05, 0.1) is 0 Å². The molecule has 0 unspecified atom stereocenters. The number of rotatable bonds is 2. The van der Waals surface area contributed by atoms with Crippen LogP contribution in [0.2, 0.25) is 0 Å². The van der Waals surface area contributed by atoms with Crippen molar-refractivity contribution < 1.29 is 4.79 Å². The predicted molar refractivity (Wildman–Crippen MR) is 54.0 cm³/mol. The van der Waals surface area contributed by atoms with Gasteiger partial charge in [-0.05, 0) is 30.2 Å². The molecule has 0 aliphatic carbocycles. The van der Waals surface area contributed by atoms with Crippen LogP contribution in [-0.4, -0.2) is 12.5 Å². The molecule has 1 aliphatic heterocycles. The second-order valence-corrected chi connectivity index (χ2v) is 3.38. The van der Waals surface area contributed by atoms with Gasteiger partial charge in [0.25, 0.3) is 5.91 Å². The highest BCUT2D eigenvalue weighted by Gasteiger charge is 2.13. The summed E-state index contributed by atoms with van der Waals surface area (Å²) < 4.78 is 0. The Morgan fingerprint density at radius 1 is 1.43 bits per heavy atom. The number of hydrogen-bond donors (Lipinski definition) is 1. The van der Waals surface area contributed by atoms with Gasteiger partial charge in [0.15, 0.2) is 0 Å². The molecular formula is C11H13N2O. The van der Waals surface area contributed by atoms with E-state index < -0.39 is 0 Å². The van der Waals surface area contributed by atoms with E-state index in [1.807, 2.05) is 25.1 Å². The highest BCUT2D eigenvalue weighted by atomic mass is 16.1. The molecule has 1 aromatic rings. The van der Waals surface area contributed by atoms with Crippen LogP contribution >= 0.6 is 0 Å². The Morgan fingerprint density at radius 3 is 3.00 bits per heavy atom. The number of carbonyl (C=O) groups excluding carboxylic acids is 1. The van der Waals surface area contributed by atoms with Gasteiger partial charge in [0.1, 0.15) is 0 Å². The average molecular weight is 189 g/mol. The van der Waals surface area contributed by atoms with Gasteiger partial charge in [-0.25, -0.2) is 5.32 Å². The maximum atomic E-state index is 11.5. The van der Waals surface area contributed by atoms with E-state index in [4.69, 9.17) is 0 Å². The van der Waals surface area contributed by atoms with Gasteiger partial charge in [0, 0.05) is 25.2 Å². The first-order valence-electron chi connectivity index (χ1n) is 4.84. The van der Waals surface area contributed by atoms with Crippen LogP contribution in [0.3, 0.4) is 0 Å². The summed E-state index contributed by atoms with van der Waals surface area (Å²) in [5, 5.41) is 7.05. The molecule has 0 fully saturated rings. The van der Waals surface area contributed by atoms with E-state index in [-0.39, 0.29) is 5.91 Å². The first-order chi connectivity index (χ1) is 6.81. The fraction of sp³-hybridized carbons (Fsp3) is 0.364. The maximum absolute atomic E-state index is 11.5. The first kappa shape index (κ1) is 9.21. The van der Waals surface area contributed by atoms with Crippen molar-refractivity contribution in [3.8, 4) is 0 Å². The van der Waals surface area contributed by atoms with Gasteiger partial charge in [-0.3, -0.25) is 4.79 Å². The third kappa shape index (κ3) is 1.63. The lowest BCUT2D eigenvalue weighted by molar-refractivity contribution is 0.0956. The number of benzene rings is 1. The maximum Gasteiger partial charge on any atom is 0.251 e. The number of nitrogens with one attached hydrogen (secondary N) is 1. The molecule has 2 rings (SSSR count). The zero-order valence-electron chi connectivity index (χ0n) is 8.21. The molecule has 0 aromatic heterocycles. The van der Waals surface area contributed by atoms with E-state index in [0.29, 0.717) is 6.54 Å². The zero-order chi connectivity index (χ0) is 9.97. The summed E-state index contributed by atoms with van der Waals surface area (Å²) in [5.74, 6) is 0.00204. The molecule has 0 bridgehead atoms. The van der Waals surface area contributed by atoms with Crippen LogP contribution in [0.15, 0.2) is 18.2 Å². The predicted octanol–water partition coefficient (Wildman–Crippen LogP) is 1.05. The van der Waals surface area contributed by atoms with Crippen LogP contribution in [-0.2, 0) is 13.1 Å². The van der Waals surface area contributed by atoms with Gasteiger partial charge < -0.3 is 5.32 Å². The van der Waals surface area contributed by atoms with Crippen molar-refractivity contribution in [3.63, 3.8) is 0 Å². The van der Waals surface area contributed by atoms with Gasteiger partial charge >= 0.3 is 0 Å². The summed E-state index contributed by atoms with van der Waals surface area (Å²) in [4.78, 5) is 11.5. The highest BCUT2D eigenvalue weighted by molar-refractivity contribution is 5.94. The van der Waals surface area contributed by atoms with E-state index in [2.05, 4.69) is 10.6 Å². The standard InChI is InChI=1S/C11H13N2O/c1-2-13-11(14)8-3-4-9-6-12-7-10(9)5-8/h3-5H,2,6-7H2,1H3,(H,13,14). The third-order valence-electron chi connectivity index (χ3n) is 2.37. The highest BCUT2D eigenvalue weighted by Crippen LogP contribution is 2.17. The Morgan fingerprint density at radius 2 is 2.21 bits per heavy atom. The zero-order valence-corrected chi connectivity index (χ0v) is 8.21. The molecule has 1 heterocycles. The molecule has 1 radical (unpaired) electrons. The van der Waals surface area contributed by atoms with E-state index in [1.165, 1.54) is 11.1 Å². The lowest BCUT2D eigenvalue weighted by Gasteiger charge is -2.03. The first-order valence-corrected chi connectivity index (χ1v) is 4.84. The van der Waals surface area contributed by atoms with Crippen LogP contribution in [0.4, 0.5) is 0 Å². The van der Waals surface area contributed by atoms with Crippen LogP contribution in [0, 0.1) is 0 Å². The molecular weight excluding hydrogens is 176 g/mol. The quantitative estimate of drug-likeness (QED) is 0.742. The van der Waals surface area contributed by atoms with Crippen LogP contribution < -0.4 is 10.6 Å². The van der Waals surface area contributed by atoms with Crippen molar-refractivity contribution in [1.82, 2.24) is 10.6 Å². The summed E-state index contributed by atoms with van der Waals surface area (Å²) in [6, 6.07) is 5.80. The second-order valence-electron chi connectivity index (χ2n) is 3.38. The molecule has 1 N–H and O–H groups in total. The summed E-state index contributed by atoms with van der Waals surface area (Å²) in [6.07, 6.45) is 0. The molecule has 1 aliphatic rings. The van der Waals surface area contributed by atoms with Crippen molar-refractivity contribution in [1.29, 1.82) is 0 Å². The third-order valence-corrected chi connectivity index (χ3v) is 2.37. The van der Waals surface area contributed by atoms with Gasteiger partial charge in [-0.2, -0.15) is 0 Å². The summed E-state index contributed by atoms with van der Waals surface area (Å²) >= 11 is 0. The molecule has 1 aromatic carbocycles. The minimum Gasteiger partial charge on any atom is -0.352 e. The van der Waals surface area contributed by atoms with Crippen molar-refractivity contribution >= 4 is 5.91 Å². The topological polar surface area (TPSA) is 43.2 Å². The van der Waals surface area contributed by atoms with E-state index in [1.54, 1.807) is 0 Å². The second kappa shape index (κ2) is 3.80. The Hall–Kier alpha value is -1.35. The Bertz CT molecular complexity index is 360. The molecule has 1 amide bonds. The van der Waals surface area contributed by atoms with E-state index >= 15 is 0 Å². The summed E-state index contributed by atoms with van der Waals surface area (Å²) in [6.45, 7) is 4.13. The van der Waals surface area contributed by atoms with Crippen LogP contribution in [0.1, 0.15) is 28.4 Å².